The number of ether oxygens (including phenoxy) is 1. The minimum absolute atomic E-state index is 0.644. The number of fused-ring (bicyclic) bond motifs is 1. The van der Waals surface area contributed by atoms with Crippen molar-refractivity contribution in [2.45, 2.75) is 25.7 Å². The van der Waals surface area contributed by atoms with Gasteiger partial charge in [-0.15, -0.1) is 0 Å². The first-order valence-electron chi connectivity index (χ1n) is 7.55. The lowest BCUT2D eigenvalue weighted by Gasteiger charge is -2.17. The Morgan fingerprint density at radius 1 is 1.00 bits per heavy atom. The fourth-order valence-electron chi connectivity index (χ4n) is 2.76. The van der Waals surface area contributed by atoms with Crippen LogP contribution in [0, 0.1) is 0 Å². The van der Waals surface area contributed by atoms with E-state index in [2.05, 4.69) is 23.5 Å². The fourth-order valence-corrected chi connectivity index (χ4v) is 2.95. The molecule has 0 bridgehead atoms. The van der Waals surface area contributed by atoms with E-state index in [-0.39, 0.29) is 0 Å². The maximum atomic E-state index is 5.95. The van der Waals surface area contributed by atoms with E-state index in [4.69, 9.17) is 16.3 Å². The number of rotatable bonds is 5. The van der Waals surface area contributed by atoms with E-state index in [0.717, 1.165) is 23.0 Å². The Kier molecular flexibility index (Phi) is 4.66. The van der Waals surface area contributed by atoms with Crippen molar-refractivity contribution in [1.29, 1.82) is 0 Å². The standard InChI is InChI=1S/C18H20ClNO/c19-16-6-3-7-17(13-16)20-10-11-21-18-9-8-14-4-1-2-5-15(14)12-18/h3,6-9,12-13,20H,1-2,4-5,10-11H2. The Morgan fingerprint density at radius 3 is 2.71 bits per heavy atom. The lowest BCUT2D eigenvalue weighted by Crippen LogP contribution is -2.12. The molecule has 0 spiro atoms. The molecule has 2 aromatic carbocycles. The molecule has 1 aliphatic carbocycles. The van der Waals surface area contributed by atoms with Gasteiger partial charge in [0, 0.05) is 17.3 Å². The van der Waals surface area contributed by atoms with Crippen LogP contribution in [0.15, 0.2) is 42.5 Å². The summed E-state index contributed by atoms with van der Waals surface area (Å²) in [5.74, 6) is 0.976. The van der Waals surface area contributed by atoms with Crippen molar-refractivity contribution in [2.75, 3.05) is 18.5 Å². The third-order valence-corrected chi connectivity index (χ3v) is 4.08. The molecule has 0 aromatic heterocycles. The molecule has 2 nitrogen and oxygen atoms in total. The summed E-state index contributed by atoms with van der Waals surface area (Å²) in [6.45, 7) is 1.41. The molecule has 1 N–H and O–H groups in total. The molecule has 21 heavy (non-hydrogen) atoms. The van der Waals surface area contributed by atoms with Crippen LogP contribution in [-0.4, -0.2) is 13.2 Å². The zero-order valence-electron chi connectivity index (χ0n) is 12.1. The zero-order valence-corrected chi connectivity index (χ0v) is 12.8. The van der Waals surface area contributed by atoms with Gasteiger partial charge in [-0.3, -0.25) is 0 Å². The van der Waals surface area contributed by atoms with E-state index in [1.165, 1.54) is 36.8 Å². The minimum atomic E-state index is 0.644. The van der Waals surface area contributed by atoms with Crippen LogP contribution in [0.5, 0.6) is 5.75 Å². The van der Waals surface area contributed by atoms with Crippen molar-refractivity contribution in [2.24, 2.45) is 0 Å². The summed E-state index contributed by atoms with van der Waals surface area (Å²) in [5, 5.41) is 4.05. The Morgan fingerprint density at radius 2 is 1.86 bits per heavy atom. The van der Waals surface area contributed by atoms with E-state index in [1.807, 2.05) is 24.3 Å². The number of anilines is 1. The zero-order chi connectivity index (χ0) is 14.5. The lowest BCUT2D eigenvalue weighted by atomic mass is 9.92. The highest BCUT2D eigenvalue weighted by molar-refractivity contribution is 6.30. The van der Waals surface area contributed by atoms with E-state index < -0.39 is 0 Å². The van der Waals surface area contributed by atoms with Crippen molar-refractivity contribution in [3.63, 3.8) is 0 Å². The lowest BCUT2D eigenvalue weighted by molar-refractivity contribution is 0.332. The molecule has 110 valence electrons. The van der Waals surface area contributed by atoms with Gasteiger partial charge in [-0.25, -0.2) is 0 Å². The van der Waals surface area contributed by atoms with E-state index in [1.54, 1.807) is 0 Å². The largest absolute Gasteiger partial charge is 0.492 e. The Balaban J connectivity index is 1.49. The molecule has 0 unspecified atom stereocenters. The molecule has 0 atom stereocenters. The topological polar surface area (TPSA) is 21.3 Å². The Bertz CT molecular complexity index is 612. The van der Waals surface area contributed by atoms with Gasteiger partial charge in [-0.1, -0.05) is 23.7 Å². The summed E-state index contributed by atoms with van der Waals surface area (Å²) < 4.78 is 5.83. The highest BCUT2D eigenvalue weighted by atomic mass is 35.5. The summed E-state index contributed by atoms with van der Waals surface area (Å²) in [7, 11) is 0. The van der Waals surface area contributed by atoms with Gasteiger partial charge in [-0.2, -0.15) is 0 Å². The van der Waals surface area contributed by atoms with Crippen molar-refractivity contribution >= 4 is 17.3 Å². The van der Waals surface area contributed by atoms with Gasteiger partial charge >= 0.3 is 0 Å². The Hall–Kier alpha value is -1.67. The molecule has 0 saturated carbocycles. The monoisotopic (exact) mass is 301 g/mol. The van der Waals surface area contributed by atoms with Crippen molar-refractivity contribution in [3.05, 3.63) is 58.6 Å². The highest BCUT2D eigenvalue weighted by Gasteiger charge is 2.09. The number of hydrogen-bond donors (Lipinski definition) is 1. The molecule has 0 radical (unpaired) electrons. The summed E-state index contributed by atoms with van der Waals surface area (Å²) in [4.78, 5) is 0. The van der Waals surface area contributed by atoms with Crippen LogP contribution in [-0.2, 0) is 12.8 Å². The van der Waals surface area contributed by atoms with E-state index >= 15 is 0 Å². The van der Waals surface area contributed by atoms with Crippen LogP contribution in [0.25, 0.3) is 0 Å². The fraction of sp³-hybridized carbons (Fsp3) is 0.333. The molecule has 0 aliphatic heterocycles. The second-order valence-electron chi connectivity index (χ2n) is 5.42. The maximum absolute atomic E-state index is 5.95. The van der Waals surface area contributed by atoms with Gasteiger partial charge < -0.3 is 10.1 Å². The number of nitrogens with one attached hydrogen (secondary N) is 1. The summed E-state index contributed by atoms with van der Waals surface area (Å²) in [6.07, 6.45) is 5.02. The van der Waals surface area contributed by atoms with Gasteiger partial charge in [-0.05, 0) is 67.1 Å². The van der Waals surface area contributed by atoms with Crippen LogP contribution < -0.4 is 10.1 Å². The average molecular weight is 302 g/mol. The first-order chi connectivity index (χ1) is 10.3. The third kappa shape index (κ3) is 3.92. The first kappa shape index (κ1) is 14.3. The number of benzene rings is 2. The smallest absolute Gasteiger partial charge is 0.119 e. The van der Waals surface area contributed by atoms with Gasteiger partial charge in [0.2, 0.25) is 0 Å². The van der Waals surface area contributed by atoms with Crippen LogP contribution in [0.4, 0.5) is 5.69 Å². The second kappa shape index (κ2) is 6.86. The van der Waals surface area contributed by atoms with Gasteiger partial charge in [0.15, 0.2) is 0 Å². The molecule has 2 aromatic rings. The number of hydrogen-bond acceptors (Lipinski definition) is 2. The van der Waals surface area contributed by atoms with E-state index in [0.29, 0.717) is 6.61 Å². The van der Waals surface area contributed by atoms with Crippen molar-refractivity contribution in [3.8, 4) is 5.75 Å². The number of aryl methyl sites for hydroxylation is 2. The van der Waals surface area contributed by atoms with Crippen LogP contribution in [0.3, 0.4) is 0 Å². The maximum Gasteiger partial charge on any atom is 0.119 e. The molecule has 3 rings (SSSR count). The van der Waals surface area contributed by atoms with Crippen LogP contribution in [0.2, 0.25) is 5.02 Å². The summed E-state index contributed by atoms with van der Waals surface area (Å²) >= 11 is 5.95. The first-order valence-corrected chi connectivity index (χ1v) is 7.93. The van der Waals surface area contributed by atoms with Gasteiger partial charge in [0.1, 0.15) is 12.4 Å². The molecule has 1 aliphatic rings. The molecular formula is C18H20ClNO. The molecule has 0 amide bonds. The summed E-state index contributed by atoms with van der Waals surface area (Å²) in [6, 6.07) is 14.2. The normalized spacial score (nSPS) is 13.6. The predicted octanol–water partition coefficient (Wildman–Crippen LogP) is 4.71. The van der Waals surface area contributed by atoms with Gasteiger partial charge in [0.25, 0.3) is 0 Å². The minimum Gasteiger partial charge on any atom is -0.492 e. The summed E-state index contributed by atoms with van der Waals surface area (Å²) in [5.41, 5.74) is 3.98. The molecule has 0 heterocycles. The number of halogens is 1. The van der Waals surface area contributed by atoms with Crippen LogP contribution in [0.1, 0.15) is 24.0 Å². The molecule has 3 heteroatoms. The van der Waals surface area contributed by atoms with E-state index in [9.17, 15) is 0 Å². The second-order valence-corrected chi connectivity index (χ2v) is 5.86. The Labute approximate surface area is 131 Å². The van der Waals surface area contributed by atoms with Gasteiger partial charge in [0.05, 0.1) is 0 Å². The molecular weight excluding hydrogens is 282 g/mol. The quantitative estimate of drug-likeness (QED) is 0.808. The predicted molar refractivity (Wildman–Crippen MR) is 88.5 cm³/mol. The highest BCUT2D eigenvalue weighted by Crippen LogP contribution is 2.25. The van der Waals surface area contributed by atoms with Crippen molar-refractivity contribution < 1.29 is 4.74 Å². The van der Waals surface area contributed by atoms with Crippen LogP contribution >= 0.6 is 11.6 Å². The SMILES string of the molecule is Clc1cccc(NCCOc2ccc3c(c2)CCCC3)c1. The molecule has 0 saturated heterocycles. The average Bonchev–Trinajstić information content (AvgIpc) is 2.51. The molecule has 0 fully saturated rings. The third-order valence-electron chi connectivity index (χ3n) is 3.84. The van der Waals surface area contributed by atoms with Crippen molar-refractivity contribution in [1.82, 2.24) is 0 Å².